The number of benzene rings is 3. The highest BCUT2D eigenvalue weighted by Crippen LogP contribution is 2.37. The van der Waals surface area contributed by atoms with Crippen molar-refractivity contribution in [1.29, 1.82) is 5.26 Å². The van der Waals surface area contributed by atoms with Crippen LogP contribution in [0.1, 0.15) is 30.2 Å². The first-order valence-electron chi connectivity index (χ1n) is 14.2. The lowest BCUT2D eigenvalue weighted by atomic mass is 9.98. The zero-order chi connectivity index (χ0) is 31.4. The predicted molar refractivity (Wildman–Crippen MR) is 175 cm³/mol. The summed E-state index contributed by atoms with van der Waals surface area (Å²) in [5.74, 6) is 0.391. The van der Waals surface area contributed by atoms with Crippen molar-refractivity contribution in [2.24, 2.45) is 7.05 Å². The summed E-state index contributed by atoms with van der Waals surface area (Å²) in [6.07, 6.45) is 0.453. The Hall–Kier alpha value is -5.07. The number of methoxy groups -OCH3 is 1. The second-order valence-electron chi connectivity index (χ2n) is 10.4. The Morgan fingerprint density at radius 2 is 1.68 bits per heavy atom. The first kappa shape index (κ1) is 30.4. The summed E-state index contributed by atoms with van der Waals surface area (Å²) >= 11 is 1.23. The van der Waals surface area contributed by atoms with Gasteiger partial charge in [-0.15, -0.1) is 0 Å². The van der Waals surface area contributed by atoms with Gasteiger partial charge in [0.05, 0.1) is 35.0 Å². The standard InChI is InChI=1S/C35H33N5O3S/c1-6-31(33(41)38-32-23(3)39(4)40(35(32)42)26-10-8-7-9-11-26)44-34-29(21-36)28(24-14-12-22(2)13-15-24)20-30(37-34)25-16-18-27(43-5)19-17-25/h7-20,31H,6H2,1-5H3,(H,38,41). The number of carbonyl (C=O) groups excluding carboxylic acids is 1. The average molecular weight is 604 g/mol. The maximum Gasteiger partial charge on any atom is 0.295 e. The molecule has 1 unspecified atom stereocenters. The number of hydrogen-bond donors (Lipinski definition) is 1. The van der Waals surface area contributed by atoms with Crippen LogP contribution < -0.4 is 15.6 Å². The lowest BCUT2D eigenvalue weighted by Gasteiger charge is -2.17. The molecule has 0 aliphatic carbocycles. The van der Waals surface area contributed by atoms with Crippen molar-refractivity contribution in [2.75, 3.05) is 12.4 Å². The first-order valence-corrected chi connectivity index (χ1v) is 15.1. The summed E-state index contributed by atoms with van der Waals surface area (Å²) in [4.78, 5) is 32.1. The number of nitrogens with zero attached hydrogens (tertiary/aromatic N) is 4. The second-order valence-corrected chi connectivity index (χ2v) is 11.6. The highest BCUT2D eigenvalue weighted by molar-refractivity contribution is 8.00. The fraction of sp³-hybridized carbons (Fsp3) is 0.200. The summed E-state index contributed by atoms with van der Waals surface area (Å²) in [5.41, 5.74) is 5.87. The van der Waals surface area contributed by atoms with Gasteiger partial charge in [-0.05, 0) is 68.3 Å². The maximum absolute atomic E-state index is 13.7. The smallest absolute Gasteiger partial charge is 0.295 e. The third kappa shape index (κ3) is 6.03. The second kappa shape index (κ2) is 13.1. The molecule has 0 saturated heterocycles. The molecule has 1 N–H and O–H groups in total. The Kier molecular flexibility index (Phi) is 9.02. The van der Waals surface area contributed by atoms with Crippen molar-refractivity contribution < 1.29 is 9.53 Å². The van der Waals surface area contributed by atoms with Crippen molar-refractivity contribution in [2.45, 2.75) is 37.5 Å². The molecule has 5 rings (SSSR count). The fourth-order valence-electron chi connectivity index (χ4n) is 4.96. The minimum atomic E-state index is -0.615. The van der Waals surface area contributed by atoms with E-state index in [0.29, 0.717) is 34.1 Å². The van der Waals surface area contributed by atoms with E-state index in [1.54, 1.807) is 25.8 Å². The molecule has 0 aliphatic rings. The minimum absolute atomic E-state index is 0.223. The van der Waals surface area contributed by atoms with Crippen LogP contribution in [-0.4, -0.2) is 32.6 Å². The van der Waals surface area contributed by atoms with E-state index in [1.165, 1.54) is 16.4 Å². The largest absolute Gasteiger partial charge is 0.497 e. The van der Waals surface area contributed by atoms with Crippen molar-refractivity contribution >= 4 is 23.4 Å². The number of nitrogens with one attached hydrogen (secondary N) is 1. The first-order chi connectivity index (χ1) is 21.2. The third-order valence-corrected chi connectivity index (χ3v) is 8.92. The number of aryl methyl sites for hydroxylation is 1. The van der Waals surface area contributed by atoms with Gasteiger partial charge >= 0.3 is 0 Å². The molecule has 2 aromatic heterocycles. The van der Waals surface area contributed by atoms with Gasteiger partial charge in [-0.1, -0.05) is 66.7 Å². The van der Waals surface area contributed by atoms with Crippen LogP contribution in [0.15, 0.2) is 94.7 Å². The molecular weight excluding hydrogens is 570 g/mol. The Balaban J connectivity index is 1.53. The monoisotopic (exact) mass is 603 g/mol. The normalized spacial score (nSPS) is 11.5. The van der Waals surface area contributed by atoms with Crippen molar-refractivity contribution in [1.82, 2.24) is 14.3 Å². The molecule has 9 heteroatoms. The lowest BCUT2D eigenvalue weighted by molar-refractivity contribution is -0.115. The molecule has 0 bridgehead atoms. The molecule has 0 saturated carbocycles. The van der Waals surface area contributed by atoms with E-state index in [-0.39, 0.29) is 17.2 Å². The Morgan fingerprint density at radius 3 is 2.30 bits per heavy atom. The SMILES string of the molecule is CCC(Sc1nc(-c2ccc(OC)cc2)cc(-c2ccc(C)cc2)c1C#N)C(=O)Nc1c(C)n(C)n(-c2ccccc2)c1=O. The molecule has 3 aromatic carbocycles. The topological polar surface area (TPSA) is 102 Å². The van der Waals surface area contributed by atoms with E-state index >= 15 is 0 Å². The zero-order valence-electron chi connectivity index (χ0n) is 25.3. The molecule has 5 aromatic rings. The van der Waals surface area contributed by atoms with Crippen LogP contribution in [-0.2, 0) is 11.8 Å². The van der Waals surface area contributed by atoms with Gasteiger partial charge in [0.15, 0.2) is 0 Å². The number of pyridine rings is 1. The van der Waals surface area contributed by atoms with Crippen LogP contribution in [0.2, 0.25) is 0 Å². The molecule has 8 nitrogen and oxygen atoms in total. The highest BCUT2D eigenvalue weighted by atomic mass is 32.2. The molecule has 1 atom stereocenters. The molecule has 0 spiro atoms. The predicted octanol–water partition coefficient (Wildman–Crippen LogP) is 6.91. The van der Waals surface area contributed by atoms with Gasteiger partial charge in [-0.25, -0.2) is 9.67 Å². The van der Waals surface area contributed by atoms with Crippen molar-refractivity contribution in [3.05, 3.63) is 112 Å². The van der Waals surface area contributed by atoms with Crippen LogP contribution in [0.4, 0.5) is 5.69 Å². The Bertz CT molecular complexity index is 1900. The van der Waals surface area contributed by atoms with E-state index in [0.717, 1.165) is 28.0 Å². The summed E-state index contributed by atoms with van der Waals surface area (Å²) in [6, 6.07) is 29.1. The lowest BCUT2D eigenvalue weighted by Crippen LogP contribution is -2.28. The minimum Gasteiger partial charge on any atom is -0.497 e. The summed E-state index contributed by atoms with van der Waals surface area (Å²) in [5, 5.41) is 13.1. The van der Waals surface area contributed by atoms with Crippen LogP contribution >= 0.6 is 11.8 Å². The quantitative estimate of drug-likeness (QED) is 0.184. The van der Waals surface area contributed by atoms with Gasteiger partial charge in [0.25, 0.3) is 5.56 Å². The van der Waals surface area contributed by atoms with Gasteiger partial charge in [0, 0.05) is 18.2 Å². The number of amides is 1. The molecule has 0 fully saturated rings. The van der Waals surface area contributed by atoms with Crippen LogP contribution in [0.5, 0.6) is 5.75 Å². The van der Waals surface area contributed by atoms with E-state index in [9.17, 15) is 14.9 Å². The number of hydrogen-bond acceptors (Lipinski definition) is 6. The molecule has 1 amide bonds. The Labute approximate surface area is 260 Å². The van der Waals surface area contributed by atoms with E-state index in [2.05, 4.69) is 11.4 Å². The number of ether oxygens (including phenoxy) is 1. The van der Waals surface area contributed by atoms with Gasteiger partial charge in [0.1, 0.15) is 22.5 Å². The van der Waals surface area contributed by atoms with Gasteiger partial charge in [-0.2, -0.15) is 5.26 Å². The van der Waals surface area contributed by atoms with E-state index in [4.69, 9.17) is 9.72 Å². The molecule has 2 heterocycles. The van der Waals surface area contributed by atoms with Gasteiger partial charge in [-0.3, -0.25) is 14.3 Å². The Morgan fingerprint density at radius 1 is 1.02 bits per heavy atom. The number of nitriles is 1. The summed E-state index contributed by atoms with van der Waals surface area (Å²) < 4.78 is 8.58. The number of rotatable bonds is 9. The molecule has 44 heavy (non-hydrogen) atoms. The van der Waals surface area contributed by atoms with E-state index < -0.39 is 5.25 Å². The van der Waals surface area contributed by atoms with Crippen molar-refractivity contribution in [3.8, 4) is 39.9 Å². The van der Waals surface area contributed by atoms with Crippen molar-refractivity contribution in [3.63, 3.8) is 0 Å². The van der Waals surface area contributed by atoms with Crippen LogP contribution in [0, 0.1) is 25.2 Å². The number of aromatic nitrogens is 3. The van der Waals surface area contributed by atoms with Crippen LogP contribution in [0.3, 0.4) is 0 Å². The number of para-hydroxylation sites is 1. The summed E-state index contributed by atoms with van der Waals surface area (Å²) in [7, 11) is 3.40. The fourth-order valence-corrected chi connectivity index (χ4v) is 5.99. The van der Waals surface area contributed by atoms with Gasteiger partial charge in [0.2, 0.25) is 5.91 Å². The number of carbonyl (C=O) groups is 1. The maximum atomic E-state index is 13.7. The number of anilines is 1. The molecular formula is C35H33N5O3S. The average Bonchev–Trinajstić information content (AvgIpc) is 3.26. The van der Waals surface area contributed by atoms with Crippen LogP contribution in [0.25, 0.3) is 28.1 Å². The number of thioether (sulfide) groups is 1. The summed E-state index contributed by atoms with van der Waals surface area (Å²) in [6.45, 7) is 5.71. The molecule has 0 aliphatic heterocycles. The zero-order valence-corrected chi connectivity index (χ0v) is 26.1. The van der Waals surface area contributed by atoms with Gasteiger partial charge < -0.3 is 10.1 Å². The third-order valence-electron chi connectivity index (χ3n) is 7.57. The molecule has 0 radical (unpaired) electrons. The van der Waals surface area contributed by atoms with E-state index in [1.807, 2.05) is 98.8 Å². The molecule has 222 valence electrons. The highest BCUT2D eigenvalue weighted by Gasteiger charge is 2.26.